The maximum atomic E-state index is 8.86. The van der Waals surface area contributed by atoms with E-state index in [1.54, 1.807) is 0 Å². The molecule has 2 atom stereocenters. The highest BCUT2D eigenvalue weighted by Gasteiger charge is 2.06. The van der Waals surface area contributed by atoms with Gasteiger partial charge < -0.3 is 10.4 Å². The average molecular weight is 201 g/mol. The molecular weight excluding hydrogens is 174 g/mol. The van der Waals surface area contributed by atoms with Gasteiger partial charge in [0.25, 0.3) is 0 Å². The van der Waals surface area contributed by atoms with Gasteiger partial charge in [0, 0.05) is 6.61 Å². The van der Waals surface area contributed by atoms with Crippen LogP contribution in [0.1, 0.15) is 46.5 Å². The number of unbranched alkanes of at least 4 members (excludes halogenated alkanes) is 1. The van der Waals surface area contributed by atoms with Crippen LogP contribution in [0.3, 0.4) is 0 Å². The lowest BCUT2D eigenvalue weighted by atomic mass is 9.99. The Hall–Kier alpha value is -0.0800. The zero-order valence-corrected chi connectivity index (χ0v) is 10.1. The minimum Gasteiger partial charge on any atom is -0.396 e. The van der Waals surface area contributed by atoms with Crippen LogP contribution in [0.2, 0.25) is 0 Å². The number of aliphatic hydroxyl groups is 1. The van der Waals surface area contributed by atoms with Gasteiger partial charge >= 0.3 is 0 Å². The second-order valence-corrected chi connectivity index (χ2v) is 4.36. The molecule has 0 saturated heterocycles. The van der Waals surface area contributed by atoms with Crippen LogP contribution in [0, 0.1) is 11.8 Å². The normalized spacial score (nSPS) is 15.4. The predicted molar refractivity (Wildman–Crippen MR) is 62.4 cm³/mol. The first-order valence-electron chi connectivity index (χ1n) is 6.06. The van der Waals surface area contributed by atoms with E-state index >= 15 is 0 Å². The van der Waals surface area contributed by atoms with Crippen molar-refractivity contribution >= 4 is 0 Å². The molecule has 0 radical (unpaired) electrons. The van der Waals surface area contributed by atoms with Gasteiger partial charge in [-0.15, -0.1) is 0 Å². The van der Waals surface area contributed by atoms with Crippen molar-refractivity contribution in [2.24, 2.45) is 11.8 Å². The van der Waals surface area contributed by atoms with Gasteiger partial charge in [0.1, 0.15) is 0 Å². The number of nitrogens with one attached hydrogen (secondary N) is 1. The molecular formula is C12H27NO. The molecule has 0 rings (SSSR count). The third-order valence-electron chi connectivity index (χ3n) is 2.78. The molecule has 2 N–H and O–H groups in total. The predicted octanol–water partition coefficient (Wildman–Crippen LogP) is 2.42. The molecule has 0 amide bonds. The van der Waals surface area contributed by atoms with Gasteiger partial charge in [0.2, 0.25) is 0 Å². The summed E-state index contributed by atoms with van der Waals surface area (Å²) >= 11 is 0. The van der Waals surface area contributed by atoms with E-state index in [-0.39, 0.29) is 0 Å². The van der Waals surface area contributed by atoms with Crippen LogP contribution in [0.25, 0.3) is 0 Å². The fourth-order valence-electron chi connectivity index (χ4n) is 1.54. The van der Waals surface area contributed by atoms with E-state index in [1.165, 1.54) is 25.7 Å². The van der Waals surface area contributed by atoms with Crippen LogP contribution < -0.4 is 5.32 Å². The molecule has 0 heterocycles. The van der Waals surface area contributed by atoms with Crippen LogP contribution >= 0.6 is 0 Å². The van der Waals surface area contributed by atoms with Crippen molar-refractivity contribution in [3.05, 3.63) is 0 Å². The van der Waals surface area contributed by atoms with E-state index in [0.717, 1.165) is 19.0 Å². The smallest absolute Gasteiger partial charge is 0.0468 e. The molecule has 0 bridgehead atoms. The van der Waals surface area contributed by atoms with Crippen LogP contribution in [0.15, 0.2) is 0 Å². The summed E-state index contributed by atoms with van der Waals surface area (Å²) in [6, 6.07) is 0. The lowest BCUT2D eigenvalue weighted by Gasteiger charge is -2.16. The monoisotopic (exact) mass is 201 g/mol. The van der Waals surface area contributed by atoms with E-state index in [4.69, 9.17) is 5.11 Å². The second kappa shape index (κ2) is 9.47. The molecule has 0 aliphatic heterocycles. The molecule has 0 aliphatic rings. The number of rotatable bonds is 9. The zero-order chi connectivity index (χ0) is 10.8. The van der Waals surface area contributed by atoms with Gasteiger partial charge in [0.15, 0.2) is 0 Å². The summed E-state index contributed by atoms with van der Waals surface area (Å²) in [6.07, 6.45) is 5.24. The van der Waals surface area contributed by atoms with Crippen molar-refractivity contribution in [3.8, 4) is 0 Å². The van der Waals surface area contributed by atoms with E-state index in [0.29, 0.717) is 12.5 Å². The third-order valence-corrected chi connectivity index (χ3v) is 2.78. The molecule has 0 aliphatic carbocycles. The minimum atomic E-state index is 0.290. The molecule has 2 nitrogen and oxygen atoms in total. The lowest BCUT2D eigenvalue weighted by molar-refractivity contribution is 0.231. The van der Waals surface area contributed by atoms with Gasteiger partial charge in [-0.2, -0.15) is 0 Å². The molecule has 0 aromatic carbocycles. The highest BCUT2D eigenvalue weighted by Crippen LogP contribution is 2.11. The van der Waals surface area contributed by atoms with Crippen molar-refractivity contribution in [1.29, 1.82) is 0 Å². The Balaban J connectivity index is 3.42. The van der Waals surface area contributed by atoms with Crippen molar-refractivity contribution in [1.82, 2.24) is 5.32 Å². The maximum absolute atomic E-state index is 8.86. The topological polar surface area (TPSA) is 32.3 Å². The third kappa shape index (κ3) is 7.34. The summed E-state index contributed by atoms with van der Waals surface area (Å²) in [5, 5.41) is 12.3. The first kappa shape index (κ1) is 13.9. The Bertz CT molecular complexity index is 117. The molecule has 2 heteroatoms. The molecule has 0 saturated carbocycles. The van der Waals surface area contributed by atoms with Gasteiger partial charge in [-0.3, -0.25) is 0 Å². The van der Waals surface area contributed by atoms with E-state index in [2.05, 4.69) is 26.1 Å². The van der Waals surface area contributed by atoms with Gasteiger partial charge in [-0.05, 0) is 31.3 Å². The van der Waals surface area contributed by atoms with Crippen molar-refractivity contribution in [2.75, 3.05) is 19.7 Å². The summed E-state index contributed by atoms with van der Waals surface area (Å²) in [5.41, 5.74) is 0. The number of hydrogen-bond donors (Lipinski definition) is 2. The second-order valence-electron chi connectivity index (χ2n) is 4.36. The molecule has 0 fully saturated rings. The molecule has 0 aromatic rings. The van der Waals surface area contributed by atoms with Gasteiger partial charge in [-0.1, -0.05) is 40.0 Å². The van der Waals surface area contributed by atoms with E-state index in [9.17, 15) is 0 Å². The maximum Gasteiger partial charge on any atom is 0.0468 e. The van der Waals surface area contributed by atoms with Crippen LogP contribution in [0.5, 0.6) is 0 Å². The first-order chi connectivity index (χ1) is 6.74. The summed E-state index contributed by atoms with van der Waals surface area (Å²) in [6.45, 7) is 8.92. The summed E-state index contributed by atoms with van der Waals surface area (Å²) in [4.78, 5) is 0. The molecule has 14 heavy (non-hydrogen) atoms. The van der Waals surface area contributed by atoms with Crippen LogP contribution in [-0.4, -0.2) is 24.8 Å². The Morgan fingerprint density at radius 3 is 2.43 bits per heavy atom. The minimum absolute atomic E-state index is 0.290. The Morgan fingerprint density at radius 1 is 1.21 bits per heavy atom. The summed E-state index contributed by atoms with van der Waals surface area (Å²) in [7, 11) is 0. The van der Waals surface area contributed by atoms with Gasteiger partial charge in [0.05, 0.1) is 0 Å². The Kier molecular flexibility index (Phi) is 9.42. The number of hydrogen-bond acceptors (Lipinski definition) is 2. The number of aliphatic hydroxyl groups excluding tert-OH is 1. The molecule has 2 unspecified atom stereocenters. The Morgan fingerprint density at radius 2 is 1.93 bits per heavy atom. The van der Waals surface area contributed by atoms with Crippen LogP contribution in [-0.2, 0) is 0 Å². The van der Waals surface area contributed by atoms with Crippen molar-refractivity contribution in [2.45, 2.75) is 46.5 Å². The van der Waals surface area contributed by atoms with Crippen molar-refractivity contribution < 1.29 is 5.11 Å². The molecule has 0 spiro atoms. The lowest BCUT2D eigenvalue weighted by Crippen LogP contribution is -2.28. The SMILES string of the molecule is CCCCC(CC)CNCC(C)CO. The van der Waals surface area contributed by atoms with E-state index < -0.39 is 0 Å². The fraction of sp³-hybridized carbons (Fsp3) is 1.00. The molecule has 86 valence electrons. The standard InChI is InChI=1S/C12H27NO/c1-4-6-7-12(5-2)9-13-8-11(3)10-14/h11-14H,4-10H2,1-3H3. The highest BCUT2D eigenvalue weighted by atomic mass is 16.3. The largest absolute Gasteiger partial charge is 0.396 e. The first-order valence-corrected chi connectivity index (χ1v) is 6.06. The van der Waals surface area contributed by atoms with Crippen molar-refractivity contribution in [3.63, 3.8) is 0 Å². The van der Waals surface area contributed by atoms with Crippen LogP contribution in [0.4, 0.5) is 0 Å². The Labute approximate surface area is 89.1 Å². The average Bonchev–Trinajstić information content (AvgIpc) is 2.22. The summed E-state index contributed by atoms with van der Waals surface area (Å²) in [5.74, 6) is 1.21. The highest BCUT2D eigenvalue weighted by molar-refractivity contribution is 4.62. The zero-order valence-electron chi connectivity index (χ0n) is 10.1. The quantitative estimate of drug-likeness (QED) is 0.600. The van der Waals surface area contributed by atoms with Gasteiger partial charge in [-0.25, -0.2) is 0 Å². The summed E-state index contributed by atoms with van der Waals surface area (Å²) < 4.78 is 0. The molecule has 0 aromatic heterocycles. The van der Waals surface area contributed by atoms with E-state index in [1.807, 2.05) is 0 Å². The fourth-order valence-corrected chi connectivity index (χ4v) is 1.54.